The van der Waals surface area contributed by atoms with Crippen molar-refractivity contribution in [2.75, 3.05) is 32.7 Å². The summed E-state index contributed by atoms with van der Waals surface area (Å²) >= 11 is 0. The van der Waals surface area contributed by atoms with Gasteiger partial charge in [-0.1, -0.05) is 32.9 Å². The summed E-state index contributed by atoms with van der Waals surface area (Å²) in [5.41, 5.74) is 0. The zero-order valence-electron chi connectivity index (χ0n) is 13.5. The van der Waals surface area contributed by atoms with Gasteiger partial charge in [0.15, 0.2) is 5.82 Å². The van der Waals surface area contributed by atoms with E-state index in [-0.39, 0.29) is 6.04 Å². The molecule has 0 spiro atoms. The number of hydrogen-bond donors (Lipinski definition) is 0. The van der Waals surface area contributed by atoms with E-state index in [1.165, 1.54) is 6.54 Å². The third-order valence-electron chi connectivity index (χ3n) is 3.91. The van der Waals surface area contributed by atoms with Crippen LogP contribution in [0.4, 0.5) is 0 Å². The Morgan fingerprint density at radius 1 is 1.05 bits per heavy atom. The highest BCUT2D eigenvalue weighted by Crippen LogP contribution is 2.22. The molecule has 20 heavy (non-hydrogen) atoms. The molecule has 1 atom stereocenters. The molecule has 1 aromatic heterocycles. The molecule has 0 bridgehead atoms. The maximum Gasteiger partial charge on any atom is 0.243 e. The minimum atomic E-state index is 0.219. The van der Waals surface area contributed by atoms with Crippen LogP contribution in [0.3, 0.4) is 0 Å². The molecule has 2 rings (SSSR count). The van der Waals surface area contributed by atoms with Gasteiger partial charge in [0.05, 0.1) is 6.04 Å². The fourth-order valence-corrected chi connectivity index (χ4v) is 2.66. The molecule has 1 saturated heterocycles. The first kappa shape index (κ1) is 15.4. The molecule has 1 aliphatic rings. The van der Waals surface area contributed by atoms with E-state index in [1.807, 2.05) is 0 Å². The molecule has 0 aromatic carbocycles. The van der Waals surface area contributed by atoms with Gasteiger partial charge in [0.25, 0.3) is 0 Å². The van der Waals surface area contributed by atoms with Crippen LogP contribution in [-0.4, -0.2) is 52.7 Å². The molecule has 1 unspecified atom stereocenters. The largest absolute Gasteiger partial charge is 0.338 e. The van der Waals surface area contributed by atoms with Gasteiger partial charge in [-0.15, -0.1) is 0 Å². The van der Waals surface area contributed by atoms with Crippen molar-refractivity contribution < 1.29 is 4.52 Å². The quantitative estimate of drug-likeness (QED) is 0.829. The molecule has 1 fully saturated rings. The van der Waals surface area contributed by atoms with Crippen molar-refractivity contribution in [2.24, 2.45) is 5.92 Å². The second-order valence-corrected chi connectivity index (χ2v) is 6.55. The summed E-state index contributed by atoms with van der Waals surface area (Å²) in [6.45, 7) is 16.5. The van der Waals surface area contributed by atoms with Crippen LogP contribution in [0.1, 0.15) is 58.3 Å². The molecule has 5 heteroatoms. The van der Waals surface area contributed by atoms with Gasteiger partial charge in [-0.3, -0.25) is 4.90 Å². The van der Waals surface area contributed by atoms with E-state index < -0.39 is 0 Å². The van der Waals surface area contributed by atoms with Crippen LogP contribution in [0.2, 0.25) is 0 Å². The smallest absolute Gasteiger partial charge is 0.243 e. The third-order valence-corrected chi connectivity index (χ3v) is 3.91. The van der Waals surface area contributed by atoms with Crippen LogP contribution in [0, 0.1) is 5.92 Å². The summed E-state index contributed by atoms with van der Waals surface area (Å²) in [6.07, 6.45) is 0. The van der Waals surface area contributed by atoms with Gasteiger partial charge >= 0.3 is 0 Å². The Bertz CT molecular complexity index is 408. The van der Waals surface area contributed by atoms with Crippen molar-refractivity contribution in [3.63, 3.8) is 0 Å². The van der Waals surface area contributed by atoms with E-state index in [0.717, 1.165) is 43.8 Å². The predicted molar refractivity (Wildman–Crippen MR) is 79.7 cm³/mol. The van der Waals surface area contributed by atoms with Gasteiger partial charge in [0.2, 0.25) is 5.89 Å². The highest BCUT2D eigenvalue weighted by atomic mass is 16.5. The van der Waals surface area contributed by atoms with Gasteiger partial charge in [-0.05, 0) is 12.8 Å². The van der Waals surface area contributed by atoms with E-state index in [2.05, 4.69) is 54.6 Å². The second-order valence-electron chi connectivity index (χ2n) is 6.55. The Morgan fingerprint density at radius 2 is 1.70 bits per heavy atom. The first-order valence-corrected chi connectivity index (χ1v) is 7.77. The summed E-state index contributed by atoms with van der Waals surface area (Å²) < 4.78 is 5.42. The monoisotopic (exact) mass is 280 g/mol. The lowest BCUT2D eigenvalue weighted by molar-refractivity contribution is 0.0821. The van der Waals surface area contributed by atoms with Gasteiger partial charge in [0, 0.05) is 38.6 Å². The Labute approximate surface area is 122 Å². The van der Waals surface area contributed by atoms with Gasteiger partial charge in [-0.2, -0.15) is 4.98 Å². The molecule has 0 aliphatic carbocycles. The Hall–Kier alpha value is -0.940. The summed E-state index contributed by atoms with van der Waals surface area (Å²) in [4.78, 5) is 9.50. The van der Waals surface area contributed by atoms with Crippen molar-refractivity contribution in [3.05, 3.63) is 11.7 Å². The molecule has 114 valence electrons. The van der Waals surface area contributed by atoms with E-state index in [4.69, 9.17) is 4.52 Å². The van der Waals surface area contributed by atoms with Crippen LogP contribution in [-0.2, 0) is 0 Å². The van der Waals surface area contributed by atoms with Crippen molar-refractivity contribution in [1.82, 2.24) is 19.9 Å². The Morgan fingerprint density at radius 3 is 2.20 bits per heavy atom. The van der Waals surface area contributed by atoms with Crippen LogP contribution >= 0.6 is 0 Å². The summed E-state index contributed by atoms with van der Waals surface area (Å²) in [7, 11) is 0. The van der Waals surface area contributed by atoms with Crippen LogP contribution in [0.15, 0.2) is 4.52 Å². The number of piperazine rings is 1. The van der Waals surface area contributed by atoms with Crippen molar-refractivity contribution in [2.45, 2.75) is 46.6 Å². The molecule has 1 aromatic rings. The zero-order chi connectivity index (χ0) is 14.7. The molecule has 0 amide bonds. The van der Waals surface area contributed by atoms with Crippen LogP contribution < -0.4 is 0 Å². The fourth-order valence-electron chi connectivity index (χ4n) is 2.66. The Balaban J connectivity index is 1.89. The number of hydrogen-bond acceptors (Lipinski definition) is 5. The lowest BCUT2D eigenvalue weighted by Gasteiger charge is -2.37. The summed E-state index contributed by atoms with van der Waals surface area (Å²) in [5, 5.41) is 4.06. The highest BCUT2D eigenvalue weighted by molar-refractivity contribution is 4.96. The molecule has 0 N–H and O–H groups in total. The number of aromatic nitrogens is 2. The fraction of sp³-hybridized carbons (Fsp3) is 0.867. The topological polar surface area (TPSA) is 45.4 Å². The second kappa shape index (κ2) is 6.68. The van der Waals surface area contributed by atoms with Gasteiger partial charge in [-0.25, -0.2) is 0 Å². The maximum absolute atomic E-state index is 5.42. The van der Waals surface area contributed by atoms with E-state index in [0.29, 0.717) is 5.92 Å². The first-order chi connectivity index (χ1) is 9.47. The molecular formula is C15H28N4O. The van der Waals surface area contributed by atoms with E-state index in [1.54, 1.807) is 0 Å². The summed E-state index contributed by atoms with van der Waals surface area (Å²) in [5.74, 6) is 2.63. The predicted octanol–water partition coefficient (Wildman–Crippen LogP) is 2.53. The highest BCUT2D eigenvalue weighted by Gasteiger charge is 2.26. The minimum absolute atomic E-state index is 0.219. The molecule has 1 aliphatic heterocycles. The van der Waals surface area contributed by atoms with E-state index >= 15 is 0 Å². The molecular weight excluding hydrogens is 252 g/mol. The normalized spacial score (nSPS) is 19.9. The third kappa shape index (κ3) is 3.79. The zero-order valence-corrected chi connectivity index (χ0v) is 13.5. The average Bonchev–Trinajstić information content (AvgIpc) is 2.88. The average molecular weight is 280 g/mol. The lowest BCUT2D eigenvalue weighted by atomic mass is 10.1. The first-order valence-electron chi connectivity index (χ1n) is 7.77. The molecule has 2 heterocycles. The van der Waals surface area contributed by atoms with E-state index in [9.17, 15) is 0 Å². The van der Waals surface area contributed by atoms with Crippen LogP contribution in [0.25, 0.3) is 0 Å². The Kier molecular flexibility index (Phi) is 5.16. The number of nitrogens with zero attached hydrogens (tertiary/aromatic N) is 4. The van der Waals surface area contributed by atoms with Gasteiger partial charge < -0.3 is 9.42 Å². The summed E-state index contributed by atoms with van der Waals surface area (Å²) in [6, 6.07) is 0.219. The SMILES string of the molecule is CC(C)CN1CCN(C(C)c2nc(C(C)C)no2)CC1. The lowest BCUT2D eigenvalue weighted by Crippen LogP contribution is -2.48. The van der Waals surface area contributed by atoms with Crippen LogP contribution in [0.5, 0.6) is 0 Å². The maximum atomic E-state index is 5.42. The minimum Gasteiger partial charge on any atom is -0.338 e. The number of rotatable bonds is 5. The molecule has 5 nitrogen and oxygen atoms in total. The molecule has 0 saturated carbocycles. The standard InChI is InChI=1S/C15H28N4O/c1-11(2)10-18-6-8-19(9-7-18)13(5)15-16-14(12(3)4)17-20-15/h11-13H,6-10H2,1-5H3. The van der Waals surface area contributed by atoms with Gasteiger partial charge in [0.1, 0.15) is 0 Å². The van der Waals surface area contributed by atoms with Crippen molar-refractivity contribution in [1.29, 1.82) is 0 Å². The van der Waals surface area contributed by atoms with Crippen molar-refractivity contribution in [3.8, 4) is 0 Å². The van der Waals surface area contributed by atoms with Crippen molar-refractivity contribution >= 4 is 0 Å². The molecule has 0 radical (unpaired) electrons.